The van der Waals surface area contributed by atoms with Gasteiger partial charge in [-0.15, -0.1) is 0 Å². The quantitative estimate of drug-likeness (QED) is 0.171. The highest BCUT2D eigenvalue weighted by molar-refractivity contribution is 14.1. The van der Waals surface area contributed by atoms with Crippen LogP contribution >= 0.6 is 45.2 Å². The van der Waals surface area contributed by atoms with Crippen LogP contribution < -0.4 is 14.2 Å². The van der Waals surface area contributed by atoms with Gasteiger partial charge in [-0.25, -0.2) is 0 Å². The number of hydrogen-bond acceptors (Lipinski definition) is 7. The van der Waals surface area contributed by atoms with Crippen molar-refractivity contribution in [2.45, 2.75) is 26.3 Å². The Balaban J connectivity index is 1.67. The standard InChI is InChI=1S/C24H24I2N2O8S2/c1-16(12-23-27(8-2-10-37(29,30)31)19-14-17(25)4-6-21(19)35-23)13-24-28(9-3-11-38(32,33)34)20-15-18(26)5-7-22(20)36-24/h4-7,12-15H,2-3,8-11H2,1H3,(H-,29,30,31,32,33,34)/p+1. The molecule has 0 spiro atoms. The van der Waals surface area contributed by atoms with Gasteiger partial charge in [0.2, 0.25) is 11.5 Å². The van der Waals surface area contributed by atoms with Gasteiger partial charge in [-0.2, -0.15) is 21.4 Å². The number of benzene rings is 2. The molecule has 0 atom stereocenters. The van der Waals surface area contributed by atoms with E-state index in [2.05, 4.69) is 45.2 Å². The van der Waals surface area contributed by atoms with Crippen molar-refractivity contribution in [1.82, 2.24) is 0 Å². The maximum Gasteiger partial charge on any atom is 0.374 e. The number of hydrogen-bond donors (Lipinski definition) is 2. The van der Waals surface area contributed by atoms with E-state index < -0.39 is 20.2 Å². The second-order valence-electron chi connectivity index (χ2n) is 8.72. The molecule has 1 aliphatic heterocycles. The molecule has 2 N–H and O–H groups in total. The zero-order valence-electron chi connectivity index (χ0n) is 20.2. The van der Waals surface area contributed by atoms with E-state index in [1.54, 1.807) is 12.2 Å². The van der Waals surface area contributed by atoms with Crippen LogP contribution in [-0.4, -0.2) is 44.0 Å². The smallest absolute Gasteiger partial charge is 0.374 e. The number of oxazole rings is 1. The molecule has 2 heterocycles. The third-order valence-corrected chi connectivity index (χ3v) is 8.61. The number of aromatic nitrogens is 1. The summed E-state index contributed by atoms with van der Waals surface area (Å²) < 4.78 is 79.3. The van der Waals surface area contributed by atoms with E-state index in [4.69, 9.17) is 18.3 Å². The zero-order chi connectivity index (χ0) is 27.7. The first kappa shape index (κ1) is 29.3. The molecule has 2 aromatic carbocycles. The monoisotopic (exact) mass is 787 g/mol. The Bertz CT molecular complexity index is 1650. The number of rotatable bonds is 10. The summed E-state index contributed by atoms with van der Waals surface area (Å²) >= 11 is 4.38. The first-order chi connectivity index (χ1) is 17.8. The Morgan fingerprint density at radius 2 is 1.66 bits per heavy atom. The highest BCUT2D eigenvalue weighted by Crippen LogP contribution is 2.40. The molecule has 38 heavy (non-hydrogen) atoms. The highest BCUT2D eigenvalue weighted by atomic mass is 127. The van der Waals surface area contributed by atoms with Crippen molar-refractivity contribution in [3.63, 3.8) is 0 Å². The van der Waals surface area contributed by atoms with E-state index in [0.29, 0.717) is 36.2 Å². The molecular weight excluding hydrogens is 762 g/mol. The zero-order valence-corrected chi connectivity index (χ0v) is 26.1. The van der Waals surface area contributed by atoms with E-state index in [-0.39, 0.29) is 24.3 Å². The van der Waals surface area contributed by atoms with Gasteiger partial charge in [0.1, 0.15) is 0 Å². The second-order valence-corrected chi connectivity index (χ2v) is 14.4. The molecule has 0 bridgehead atoms. The van der Waals surface area contributed by atoms with Crippen LogP contribution in [0.3, 0.4) is 0 Å². The molecule has 14 heteroatoms. The van der Waals surface area contributed by atoms with Crippen molar-refractivity contribution in [1.29, 1.82) is 0 Å². The predicted molar refractivity (Wildman–Crippen MR) is 160 cm³/mol. The van der Waals surface area contributed by atoms with Crippen molar-refractivity contribution >= 4 is 88.3 Å². The molecule has 0 amide bonds. The minimum Gasteiger partial charge on any atom is -0.439 e. The minimum atomic E-state index is -4.09. The van der Waals surface area contributed by atoms with Gasteiger partial charge in [0.15, 0.2) is 12.3 Å². The lowest BCUT2D eigenvalue weighted by molar-refractivity contribution is -0.677. The highest BCUT2D eigenvalue weighted by Gasteiger charge is 2.27. The lowest BCUT2D eigenvalue weighted by Crippen LogP contribution is -2.36. The molecule has 0 radical (unpaired) electrons. The fourth-order valence-electron chi connectivity index (χ4n) is 4.07. The van der Waals surface area contributed by atoms with Gasteiger partial charge in [0.05, 0.1) is 23.3 Å². The Morgan fingerprint density at radius 1 is 1.00 bits per heavy atom. The molecule has 4 rings (SSSR count). The number of nitrogens with zero attached hydrogens (tertiary/aromatic N) is 2. The summed E-state index contributed by atoms with van der Waals surface area (Å²) in [5.41, 5.74) is 2.99. The number of ether oxygens (including phenoxy) is 1. The average Bonchev–Trinajstić information content (AvgIpc) is 3.29. The van der Waals surface area contributed by atoms with Crippen molar-refractivity contribution in [3.8, 4) is 5.75 Å². The first-order valence-electron chi connectivity index (χ1n) is 11.5. The van der Waals surface area contributed by atoms with Gasteiger partial charge in [-0.3, -0.25) is 9.11 Å². The Kier molecular flexibility index (Phi) is 9.08. The Labute approximate surface area is 248 Å². The number of anilines is 1. The Hall–Kier alpha value is -1.73. The van der Waals surface area contributed by atoms with Crippen LogP contribution in [0.25, 0.3) is 17.2 Å². The van der Waals surface area contributed by atoms with Crippen LogP contribution in [0.4, 0.5) is 5.69 Å². The molecule has 0 aliphatic carbocycles. The number of fused-ring (bicyclic) bond motifs is 2. The molecule has 0 unspecified atom stereocenters. The largest absolute Gasteiger partial charge is 0.439 e. The van der Waals surface area contributed by atoms with Crippen molar-refractivity contribution in [2.75, 3.05) is 23.0 Å². The molecule has 1 aliphatic rings. The number of aryl methyl sites for hydroxylation is 1. The first-order valence-corrected chi connectivity index (χ1v) is 16.8. The molecule has 204 valence electrons. The van der Waals surface area contributed by atoms with Gasteiger partial charge in [-0.05, 0) is 94.4 Å². The molecule has 3 aromatic rings. The van der Waals surface area contributed by atoms with Crippen LogP contribution in [0, 0.1) is 7.14 Å². The van der Waals surface area contributed by atoms with E-state index in [9.17, 15) is 16.8 Å². The fraction of sp³-hybridized carbons (Fsp3) is 0.292. The number of halogens is 2. The van der Waals surface area contributed by atoms with Gasteiger partial charge >= 0.3 is 5.89 Å². The third kappa shape index (κ3) is 7.68. The minimum absolute atomic E-state index is 0.198. The van der Waals surface area contributed by atoms with Crippen molar-refractivity contribution in [2.24, 2.45) is 0 Å². The molecule has 0 fully saturated rings. The van der Waals surface area contributed by atoms with E-state index in [1.165, 1.54) is 0 Å². The predicted octanol–water partition coefficient (Wildman–Crippen LogP) is 4.63. The van der Waals surface area contributed by atoms with Gasteiger partial charge < -0.3 is 14.1 Å². The van der Waals surface area contributed by atoms with Gasteiger partial charge in [0.25, 0.3) is 25.8 Å². The summed E-state index contributed by atoms with van der Waals surface area (Å²) in [5, 5.41) is 0. The summed E-state index contributed by atoms with van der Waals surface area (Å²) in [6.45, 7) is 2.48. The van der Waals surface area contributed by atoms with Crippen LogP contribution in [0.5, 0.6) is 5.75 Å². The van der Waals surface area contributed by atoms with Crippen LogP contribution in [0.2, 0.25) is 0 Å². The molecule has 10 nitrogen and oxygen atoms in total. The summed E-state index contributed by atoms with van der Waals surface area (Å²) in [5.74, 6) is 0.887. The average molecular weight is 787 g/mol. The lowest BCUT2D eigenvalue weighted by Gasteiger charge is -2.18. The van der Waals surface area contributed by atoms with Gasteiger partial charge in [0, 0.05) is 32.2 Å². The summed E-state index contributed by atoms with van der Waals surface area (Å²) in [6.07, 6.45) is 4.01. The maximum absolute atomic E-state index is 11.2. The summed E-state index contributed by atoms with van der Waals surface area (Å²) in [4.78, 5) is 1.86. The molecule has 0 saturated heterocycles. The summed E-state index contributed by atoms with van der Waals surface area (Å²) in [6, 6.07) is 11.4. The molecule has 1 aromatic heterocycles. The fourth-order valence-corrected chi connectivity index (χ4v) is 6.00. The number of allylic oxidation sites excluding steroid dienone is 2. The van der Waals surface area contributed by atoms with Gasteiger partial charge in [-0.1, -0.05) is 0 Å². The second kappa shape index (κ2) is 11.8. The Morgan fingerprint density at radius 3 is 2.37 bits per heavy atom. The summed E-state index contributed by atoms with van der Waals surface area (Å²) in [7, 11) is -8.18. The topological polar surface area (TPSA) is 138 Å². The molecule has 0 saturated carbocycles. The lowest BCUT2D eigenvalue weighted by atomic mass is 10.2. The van der Waals surface area contributed by atoms with Crippen molar-refractivity contribution < 1.29 is 39.7 Å². The van der Waals surface area contributed by atoms with Crippen LogP contribution in [0.1, 0.15) is 25.7 Å². The third-order valence-electron chi connectivity index (χ3n) is 5.65. The van der Waals surface area contributed by atoms with E-state index >= 15 is 0 Å². The SMILES string of the molecule is CC(=Cc1oc2ccc(I)cc2[n+]1CCCS(=O)(=O)O)C=C1Oc2ccc(I)cc2N1CCCS(=O)(=O)O. The van der Waals surface area contributed by atoms with Crippen LogP contribution in [-0.2, 0) is 26.8 Å². The van der Waals surface area contributed by atoms with Crippen LogP contribution in [0.15, 0.2) is 58.3 Å². The van der Waals surface area contributed by atoms with E-state index in [1.807, 2.05) is 52.8 Å². The molecular formula is C24H25I2N2O8S2+. The normalized spacial score (nSPS) is 15.3. The van der Waals surface area contributed by atoms with Crippen molar-refractivity contribution in [3.05, 3.63) is 67.0 Å². The maximum atomic E-state index is 11.2. The van der Waals surface area contributed by atoms with E-state index in [0.717, 1.165) is 23.9 Å².